The van der Waals surface area contributed by atoms with Gasteiger partial charge in [-0.1, -0.05) is 27.2 Å². The number of hydrogen-bond donors (Lipinski definition) is 2. The first-order valence-corrected chi connectivity index (χ1v) is 7.82. The van der Waals surface area contributed by atoms with Gasteiger partial charge in [0.1, 0.15) is 5.78 Å². The maximum atomic E-state index is 10.8. The lowest BCUT2D eigenvalue weighted by molar-refractivity contribution is -0.117. The van der Waals surface area contributed by atoms with Crippen LogP contribution in [0.1, 0.15) is 53.4 Å². The number of Topliss-reactive ketones (excluding diaryl/α,β-unsaturated/α-hetero) is 1. The van der Waals surface area contributed by atoms with Gasteiger partial charge in [0.25, 0.3) is 0 Å². The first-order chi connectivity index (χ1) is 9.20. The minimum Gasteiger partial charge on any atom is -0.494 e. The van der Waals surface area contributed by atoms with Crippen molar-refractivity contribution in [3.05, 3.63) is 6.07 Å². The number of thioether (sulfide) groups is 1. The summed E-state index contributed by atoms with van der Waals surface area (Å²) in [6.45, 7) is 8.35. The quantitative estimate of drug-likeness (QED) is 0.591. The minimum atomic E-state index is -0.0163. The Morgan fingerprint density at radius 3 is 2.45 bits per heavy atom. The first kappa shape index (κ1) is 17.0. The average molecular weight is 299 g/mol. The SMILES string of the molecule is CC(=O)CCCCCn1c(O)cc(SC(C)(C)C)c1O. The maximum Gasteiger partial charge on any atom is 0.208 e. The highest BCUT2D eigenvalue weighted by molar-refractivity contribution is 8.00. The van der Waals surface area contributed by atoms with E-state index in [-0.39, 0.29) is 22.3 Å². The van der Waals surface area contributed by atoms with Crippen molar-refractivity contribution in [3.8, 4) is 11.8 Å². The molecule has 1 aromatic heterocycles. The number of carbonyl (C=O) groups is 1. The third-order valence-corrected chi connectivity index (χ3v) is 3.97. The van der Waals surface area contributed by atoms with Crippen molar-refractivity contribution in [2.24, 2.45) is 0 Å². The van der Waals surface area contributed by atoms with E-state index in [2.05, 4.69) is 20.8 Å². The van der Waals surface area contributed by atoms with E-state index in [1.54, 1.807) is 13.0 Å². The van der Waals surface area contributed by atoms with Crippen LogP contribution in [0, 0.1) is 0 Å². The van der Waals surface area contributed by atoms with Gasteiger partial charge in [-0.2, -0.15) is 0 Å². The van der Waals surface area contributed by atoms with Crippen molar-refractivity contribution in [2.75, 3.05) is 0 Å². The molecule has 4 nitrogen and oxygen atoms in total. The molecule has 0 aliphatic rings. The zero-order valence-corrected chi connectivity index (χ0v) is 13.6. The molecule has 0 unspecified atom stereocenters. The molecule has 1 heterocycles. The fourth-order valence-corrected chi connectivity index (χ4v) is 2.97. The zero-order valence-electron chi connectivity index (χ0n) is 12.8. The van der Waals surface area contributed by atoms with Crippen molar-refractivity contribution in [3.63, 3.8) is 0 Å². The minimum absolute atomic E-state index is 0.0163. The van der Waals surface area contributed by atoms with Gasteiger partial charge in [-0.05, 0) is 19.8 Å². The highest BCUT2D eigenvalue weighted by Gasteiger charge is 2.20. The van der Waals surface area contributed by atoms with Crippen LogP contribution in [0.5, 0.6) is 11.8 Å². The Morgan fingerprint density at radius 1 is 1.25 bits per heavy atom. The smallest absolute Gasteiger partial charge is 0.208 e. The molecule has 5 heteroatoms. The lowest BCUT2D eigenvalue weighted by Crippen LogP contribution is -2.06. The number of hydrogen-bond acceptors (Lipinski definition) is 4. The average Bonchev–Trinajstić information content (AvgIpc) is 2.53. The molecule has 0 radical (unpaired) electrons. The number of aromatic hydroxyl groups is 2. The summed E-state index contributed by atoms with van der Waals surface area (Å²) in [5.74, 6) is 0.440. The van der Waals surface area contributed by atoms with E-state index in [4.69, 9.17) is 0 Å². The molecule has 0 saturated carbocycles. The van der Waals surface area contributed by atoms with Gasteiger partial charge in [-0.15, -0.1) is 11.8 Å². The summed E-state index contributed by atoms with van der Waals surface area (Å²) >= 11 is 1.53. The van der Waals surface area contributed by atoms with Gasteiger partial charge in [-0.25, -0.2) is 0 Å². The second-order valence-electron chi connectivity index (χ2n) is 6.07. The monoisotopic (exact) mass is 299 g/mol. The normalized spacial score (nSPS) is 11.8. The van der Waals surface area contributed by atoms with Crippen molar-refractivity contribution in [1.29, 1.82) is 0 Å². The third-order valence-electron chi connectivity index (χ3n) is 2.84. The van der Waals surface area contributed by atoms with Crippen LogP contribution in [0.4, 0.5) is 0 Å². The van der Waals surface area contributed by atoms with Crippen LogP contribution < -0.4 is 0 Å². The molecule has 0 bridgehead atoms. The van der Waals surface area contributed by atoms with Crippen molar-refractivity contribution >= 4 is 17.5 Å². The molecule has 0 aliphatic carbocycles. The summed E-state index contributed by atoms with van der Waals surface area (Å²) in [6, 6.07) is 1.61. The lowest BCUT2D eigenvalue weighted by Gasteiger charge is -2.16. The highest BCUT2D eigenvalue weighted by atomic mass is 32.2. The molecule has 20 heavy (non-hydrogen) atoms. The predicted octanol–water partition coefficient (Wildman–Crippen LogP) is 3.94. The van der Waals surface area contributed by atoms with Crippen molar-refractivity contribution < 1.29 is 15.0 Å². The molecule has 0 atom stereocenters. The fourth-order valence-electron chi connectivity index (χ4n) is 1.95. The molecule has 0 aromatic carbocycles. The van der Waals surface area contributed by atoms with E-state index in [9.17, 15) is 15.0 Å². The van der Waals surface area contributed by atoms with Gasteiger partial charge >= 0.3 is 0 Å². The van der Waals surface area contributed by atoms with E-state index in [1.165, 1.54) is 16.3 Å². The van der Waals surface area contributed by atoms with E-state index in [0.717, 1.165) is 19.3 Å². The van der Waals surface area contributed by atoms with Crippen LogP contribution in [-0.4, -0.2) is 25.3 Å². The summed E-state index contributed by atoms with van der Waals surface area (Å²) in [5, 5.41) is 20.0. The molecule has 114 valence electrons. The molecule has 0 spiro atoms. The molecular formula is C15H25NO3S. The van der Waals surface area contributed by atoms with Crippen LogP contribution in [0.25, 0.3) is 0 Å². The number of carbonyl (C=O) groups excluding carboxylic acids is 1. The van der Waals surface area contributed by atoms with Crippen LogP contribution >= 0.6 is 11.8 Å². The van der Waals surface area contributed by atoms with Crippen molar-refractivity contribution in [1.82, 2.24) is 4.57 Å². The Kier molecular flexibility index (Phi) is 5.99. The zero-order chi connectivity index (χ0) is 15.3. The molecule has 0 aliphatic heterocycles. The van der Waals surface area contributed by atoms with E-state index >= 15 is 0 Å². The second kappa shape index (κ2) is 7.07. The Labute approximate surface area is 125 Å². The summed E-state index contributed by atoms with van der Waals surface area (Å²) in [4.78, 5) is 11.5. The topological polar surface area (TPSA) is 62.5 Å². The first-order valence-electron chi connectivity index (χ1n) is 7.00. The summed E-state index contributed by atoms with van der Waals surface area (Å²) in [6.07, 6.45) is 3.22. The van der Waals surface area contributed by atoms with Crippen LogP contribution in [0.3, 0.4) is 0 Å². The molecule has 0 amide bonds. The summed E-state index contributed by atoms with van der Waals surface area (Å²) < 4.78 is 1.51. The van der Waals surface area contributed by atoms with E-state index in [0.29, 0.717) is 17.9 Å². The van der Waals surface area contributed by atoms with Crippen LogP contribution in [0.15, 0.2) is 11.0 Å². The van der Waals surface area contributed by atoms with Crippen molar-refractivity contribution in [2.45, 2.75) is 69.6 Å². The van der Waals surface area contributed by atoms with E-state index < -0.39 is 0 Å². The van der Waals surface area contributed by atoms with Gasteiger partial charge in [-0.3, -0.25) is 4.57 Å². The Bertz CT molecular complexity index is 460. The molecular weight excluding hydrogens is 274 g/mol. The third kappa shape index (κ3) is 5.49. The van der Waals surface area contributed by atoms with Gasteiger partial charge in [0, 0.05) is 23.8 Å². The van der Waals surface area contributed by atoms with Gasteiger partial charge in [0.2, 0.25) is 5.88 Å². The van der Waals surface area contributed by atoms with Gasteiger partial charge in [0.15, 0.2) is 5.88 Å². The molecule has 1 rings (SSSR count). The number of ketones is 1. The van der Waals surface area contributed by atoms with E-state index in [1.807, 2.05) is 0 Å². The van der Waals surface area contributed by atoms with Gasteiger partial charge in [0.05, 0.1) is 4.90 Å². The largest absolute Gasteiger partial charge is 0.494 e. The number of rotatable bonds is 7. The highest BCUT2D eigenvalue weighted by Crippen LogP contribution is 2.41. The molecule has 0 fully saturated rings. The fraction of sp³-hybridized carbons (Fsp3) is 0.667. The number of unbranched alkanes of at least 4 members (excludes halogenated alkanes) is 2. The Morgan fingerprint density at radius 2 is 1.90 bits per heavy atom. The summed E-state index contributed by atoms with van der Waals surface area (Å²) in [5.41, 5.74) is 0. The summed E-state index contributed by atoms with van der Waals surface area (Å²) in [7, 11) is 0. The van der Waals surface area contributed by atoms with Crippen LogP contribution in [0.2, 0.25) is 0 Å². The molecule has 1 aromatic rings. The van der Waals surface area contributed by atoms with Crippen LogP contribution in [-0.2, 0) is 11.3 Å². The second-order valence-corrected chi connectivity index (χ2v) is 7.94. The predicted molar refractivity (Wildman–Crippen MR) is 82.5 cm³/mol. The lowest BCUT2D eigenvalue weighted by atomic mass is 10.1. The number of aromatic nitrogens is 1. The Balaban J connectivity index is 2.56. The molecule has 0 saturated heterocycles. The molecule has 2 N–H and O–H groups in total. The maximum absolute atomic E-state index is 10.8. The van der Waals surface area contributed by atoms with Gasteiger partial charge < -0.3 is 15.0 Å². The Hall–Kier alpha value is -1.10. The standard InChI is InChI=1S/C15H25NO3S/c1-11(17)8-6-5-7-9-16-13(18)10-12(14(16)19)20-15(2,3)4/h10,18-19H,5-9H2,1-4H3. The number of nitrogens with zero attached hydrogens (tertiary/aromatic N) is 1.